The Kier molecular flexibility index (Phi) is 5.59. The summed E-state index contributed by atoms with van der Waals surface area (Å²) >= 11 is 1.88. The zero-order valence-corrected chi connectivity index (χ0v) is 18.4. The number of fused-ring (bicyclic) bond motifs is 3. The van der Waals surface area contributed by atoms with Crippen molar-refractivity contribution in [3.63, 3.8) is 0 Å². The number of anilines is 1. The van der Waals surface area contributed by atoms with Crippen LogP contribution in [0.2, 0.25) is 0 Å². The van der Waals surface area contributed by atoms with Crippen LogP contribution in [0.25, 0.3) is 10.2 Å². The standard InChI is InChI=1S/C22H32N4OS/c1-5-6-18(27)25-9-11-26(12-10-25)21-19-16-8-7-15(4)13-17(16)28-22(19)24-20(23-21)14(2)3/h14-15H,5-13H2,1-4H3. The third kappa shape index (κ3) is 3.63. The number of amides is 1. The summed E-state index contributed by atoms with van der Waals surface area (Å²) in [7, 11) is 0. The molecule has 5 nitrogen and oxygen atoms in total. The van der Waals surface area contributed by atoms with Crippen LogP contribution < -0.4 is 4.90 Å². The first kappa shape index (κ1) is 19.6. The number of rotatable bonds is 4. The van der Waals surface area contributed by atoms with E-state index in [4.69, 9.17) is 9.97 Å². The Morgan fingerprint density at radius 2 is 1.96 bits per heavy atom. The molecule has 0 bridgehead atoms. The summed E-state index contributed by atoms with van der Waals surface area (Å²) in [5.74, 6) is 3.42. The van der Waals surface area contributed by atoms with E-state index < -0.39 is 0 Å². The molecule has 1 unspecified atom stereocenters. The number of nitrogens with zero attached hydrogens (tertiary/aromatic N) is 4. The minimum absolute atomic E-state index is 0.291. The zero-order valence-electron chi connectivity index (χ0n) is 17.6. The van der Waals surface area contributed by atoms with E-state index in [2.05, 4.69) is 32.6 Å². The summed E-state index contributed by atoms with van der Waals surface area (Å²) in [4.78, 5) is 29.4. The largest absolute Gasteiger partial charge is 0.352 e. The van der Waals surface area contributed by atoms with Crippen LogP contribution in [0.3, 0.4) is 0 Å². The van der Waals surface area contributed by atoms with Gasteiger partial charge in [0.25, 0.3) is 0 Å². The van der Waals surface area contributed by atoms with E-state index in [0.29, 0.717) is 18.2 Å². The summed E-state index contributed by atoms with van der Waals surface area (Å²) in [5.41, 5.74) is 1.49. The second-order valence-corrected chi connectivity index (χ2v) is 9.79. The van der Waals surface area contributed by atoms with Gasteiger partial charge in [0.2, 0.25) is 5.91 Å². The number of hydrogen-bond donors (Lipinski definition) is 0. The lowest BCUT2D eigenvalue weighted by Gasteiger charge is -2.36. The Hall–Kier alpha value is -1.69. The normalized spacial score (nSPS) is 20.1. The molecule has 0 saturated carbocycles. The molecular weight excluding hydrogens is 368 g/mol. The van der Waals surface area contributed by atoms with E-state index >= 15 is 0 Å². The summed E-state index contributed by atoms with van der Waals surface area (Å²) in [5, 5.41) is 1.30. The van der Waals surface area contributed by atoms with Crippen molar-refractivity contribution in [1.29, 1.82) is 0 Å². The average molecular weight is 401 g/mol. The maximum atomic E-state index is 12.3. The van der Waals surface area contributed by atoms with Crippen LogP contribution in [-0.2, 0) is 17.6 Å². The number of aryl methyl sites for hydroxylation is 1. The Morgan fingerprint density at radius 1 is 1.21 bits per heavy atom. The SMILES string of the molecule is CCCC(=O)N1CCN(c2nc(C(C)C)nc3sc4c(c23)CCC(C)C4)CC1. The smallest absolute Gasteiger partial charge is 0.222 e. The summed E-state index contributed by atoms with van der Waals surface area (Å²) < 4.78 is 0. The maximum absolute atomic E-state index is 12.3. The van der Waals surface area contributed by atoms with E-state index in [1.807, 2.05) is 16.2 Å². The van der Waals surface area contributed by atoms with Crippen LogP contribution in [0, 0.1) is 5.92 Å². The lowest BCUT2D eigenvalue weighted by molar-refractivity contribution is -0.131. The van der Waals surface area contributed by atoms with Crippen molar-refractivity contribution in [2.75, 3.05) is 31.1 Å². The van der Waals surface area contributed by atoms with Gasteiger partial charge in [0.05, 0.1) is 5.39 Å². The van der Waals surface area contributed by atoms with E-state index in [9.17, 15) is 4.79 Å². The molecule has 1 aliphatic heterocycles. The van der Waals surface area contributed by atoms with E-state index in [1.165, 1.54) is 28.7 Å². The van der Waals surface area contributed by atoms with Gasteiger partial charge in [-0.1, -0.05) is 27.7 Å². The van der Waals surface area contributed by atoms with Gasteiger partial charge in [-0.25, -0.2) is 9.97 Å². The van der Waals surface area contributed by atoms with Crippen LogP contribution in [-0.4, -0.2) is 47.0 Å². The highest BCUT2D eigenvalue weighted by Crippen LogP contribution is 2.41. The number of carbonyl (C=O) groups is 1. The van der Waals surface area contributed by atoms with Gasteiger partial charge >= 0.3 is 0 Å². The minimum atomic E-state index is 0.291. The zero-order chi connectivity index (χ0) is 19.8. The van der Waals surface area contributed by atoms with Crippen molar-refractivity contribution in [1.82, 2.24) is 14.9 Å². The third-order valence-electron chi connectivity index (χ3n) is 6.07. The van der Waals surface area contributed by atoms with Crippen LogP contribution >= 0.6 is 11.3 Å². The van der Waals surface area contributed by atoms with Gasteiger partial charge in [0.1, 0.15) is 16.5 Å². The number of thiophene rings is 1. The number of piperazine rings is 1. The summed E-state index contributed by atoms with van der Waals surface area (Å²) in [6.45, 7) is 12.1. The highest BCUT2D eigenvalue weighted by Gasteiger charge is 2.28. The molecule has 1 atom stereocenters. The highest BCUT2D eigenvalue weighted by molar-refractivity contribution is 7.19. The number of carbonyl (C=O) groups excluding carboxylic acids is 1. The molecule has 0 N–H and O–H groups in total. The molecule has 0 aromatic carbocycles. The quantitative estimate of drug-likeness (QED) is 0.764. The van der Waals surface area contributed by atoms with Crippen molar-refractivity contribution in [2.24, 2.45) is 5.92 Å². The molecule has 4 rings (SSSR count). The second kappa shape index (κ2) is 7.97. The molecule has 1 fully saturated rings. The second-order valence-electron chi connectivity index (χ2n) is 8.71. The molecule has 3 heterocycles. The molecule has 1 aliphatic carbocycles. The third-order valence-corrected chi connectivity index (χ3v) is 7.21. The van der Waals surface area contributed by atoms with Gasteiger partial charge in [-0.15, -0.1) is 11.3 Å². The van der Waals surface area contributed by atoms with Gasteiger partial charge in [-0.3, -0.25) is 4.79 Å². The Bertz CT molecular complexity index is 867. The maximum Gasteiger partial charge on any atom is 0.222 e. The molecule has 2 aromatic rings. The van der Waals surface area contributed by atoms with Crippen LogP contribution in [0.4, 0.5) is 5.82 Å². The fourth-order valence-electron chi connectivity index (χ4n) is 4.37. The Balaban J connectivity index is 1.69. The summed E-state index contributed by atoms with van der Waals surface area (Å²) in [6, 6.07) is 0. The van der Waals surface area contributed by atoms with E-state index in [0.717, 1.165) is 61.4 Å². The minimum Gasteiger partial charge on any atom is -0.352 e. The predicted molar refractivity (Wildman–Crippen MR) is 116 cm³/mol. The van der Waals surface area contributed by atoms with Crippen molar-refractivity contribution < 1.29 is 4.79 Å². The fourth-order valence-corrected chi connectivity index (χ4v) is 5.75. The number of aromatic nitrogens is 2. The monoisotopic (exact) mass is 400 g/mol. The molecule has 152 valence electrons. The van der Waals surface area contributed by atoms with E-state index in [1.54, 1.807) is 0 Å². The Morgan fingerprint density at radius 3 is 2.64 bits per heavy atom. The lowest BCUT2D eigenvalue weighted by Crippen LogP contribution is -2.49. The van der Waals surface area contributed by atoms with Crippen molar-refractivity contribution in [3.8, 4) is 0 Å². The topological polar surface area (TPSA) is 49.3 Å². The fraction of sp³-hybridized carbons (Fsp3) is 0.682. The van der Waals surface area contributed by atoms with Gasteiger partial charge in [-0.2, -0.15) is 0 Å². The Labute approximate surface area is 172 Å². The molecule has 6 heteroatoms. The molecule has 0 radical (unpaired) electrons. The van der Waals surface area contributed by atoms with Crippen LogP contribution in [0.1, 0.15) is 69.1 Å². The van der Waals surface area contributed by atoms with Gasteiger partial charge in [0, 0.05) is 43.4 Å². The lowest BCUT2D eigenvalue weighted by atomic mass is 9.89. The first-order valence-electron chi connectivity index (χ1n) is 10.8. The molecular formula is C22H32N4OS. The molecule has 28 heavy (non-hydrogen) atoms. The van der Waals surface area contributed by atoms with Crippen molar-refractivity contribution >= 4 is 33.3 Å². The van der Waals surface area contributed by atoms with E-state index in [-0.39, 0.29) is 0 Å². The molecule has 0 spiro atoms. The van der Waals surface area contributed by atoms with Crippen molar-refractivity contribution in [2.45, 2.75) is 65.7 Å². The highest BCUT2D eigenvalue weighted by atomic mass is 32.1. The van der Waals surface area contributed by atoms with Gasteiger partial charge < -0.3 is 9.80 Å². The average Bonchev–Trinajstić information content (AvgIpc) is 3.04. The van der Waals surface area contributed by atoms with Crippen molar-refractivity contribution in [3.05, 3.63) is 16.3 Å². The first-order chi connectivity index (χ1) is 13.5. The van der Waals surface area contributed by atoms with Crippen LogP contribution in [0.15, 0.2) is 0 Å². The number of hydrogen-bond acceptors (Lipinski definition) is 5. The van der Waals surface area contributed by atoms with Crippen LogP contribution in [0.5, 0.6) is 0 Å². The predicted octanol–water partition coefficient (Wildman–Crippen LogP) is 4.39. The van der Waals surface area contributed by atoms with Gasteiger partial charge in [-0.05, 0) is 37.2 Å². The van der Waals surface area contributed by atoms with Gasteiger partial charge in [0.15, 0.2) is 0 Å². The molecule has 1 saturated heterocycles. The molecule has 1 amide bonds. The molecule has 2 aromatic heterocycles. The first-order valence-corrected chi connectivity index (χ1v) is 11.6. The summed E-state index contributed by atoms with van der Waals surface area (Å²) in [6.07, 6.45) is 5.15. The molecule has 2 aliphatic rings.